The van der Waals surface area contributed by atoms with Crippen molar-refractivity contribution in [3.63, 3.8) is 0 Å². The Morgan fingerprint density at radius 2 is 1.71 bits per heavy atom. The summed E-state index contributed by atoms with van der Waals surface area (Å²) in [4.78, 5) is 0. The molecule has 0 bridgehead atoms. The van der Waals surface area contributed by atoms with E-state index >= 15 is 0 Å². The van der Waals surface area contributed by atoms with Gasteiger partial charge in [-0.1, -0.05) is 19.1 Å². The minimum absolute atomic E-state index is 0.0701. The molecule has 1 atom stereocenters. The smallest absolute Gasteiger partial charge is 0.410 e. The Labute approximate surface area is 98.8 Å². The van der Waals surface area contributed by atoms with Gasteiger partial charge in [0.15, 0.2) is 0 Å². The molecule has 1 aromatic rings. The molecule has 0 amide bonds. The third-order valence-corrected chi connectivity index (χ3v) is 3.02. The van der Waals surface area contributed by atoms with Crippen LogP contribution in [0.3, 0.4) is 0 Å². The molecule has 1 N–H and O–H groups in total. The van der Waals surface area contributed by atoms with Crippen molar-refractivity contribution < 1.29 is 17.9 Å². The van der Waals surface area contributed by atoms with Crippen LogP contribution >= 0.6 is 0 Å². The van der Waals surface area contributed by atoms with Crippen LogP contribution in [-0.4, -0.2) is 20.3 Å². The van der Waals surface area contributed by atoms with Crippen LogP contribution in [-0.2, 0) is 5.54 Å². The maximum Gasteiger partial charge on any atom is 0.410 e. The van der Waals surface area contributed by atoms with E-state index in [0.29, 0.717) is 5.75 Å². The second-order valence-electron chi connectivity index (χ2n) is 3.74. The largest absolute Gasteiger partial charge is 0.497 e. The number of rotatable bonds is 4. The van der Waals surface area contributed by atoms with E-state index in [1.54, 1.807) is 0 Å². The lowest BCUT2D eigenvalue weighted by Crippen LogP contribution is -2.51. The fourth-order valence-corrected chi connectivity index (χ4v) is 1.91. The highest BCUT2D eigenvalue weighted by Gasteiger charge is 2.53. The number of hydrogen-bond acceptors (Lipinski definition) is 2. The summed E-state index contributed by atoms with van der Waals surface area (Å²) in [6, 6.07) is 5.93. The van der Waals surface area contributed by atoms with Gasteiger partial charge in [0.2, 0.25) is 0 Å². The van der Waals surface area contributed by atoms with Gasteiger partial charge in [-0.15, -0.1) is 0 Å². The van der Waals surface area contributed by atoms with Crippen LogP contribution in [0, 0.1) is 0 Å². The standard InChI is InChI=1S/C12H16F3NO/c1-4-11(16-2,12(13,14)15)9-5-7-10(17-3)8-6-9/h5-8,16H,4H2,1-3H3. The molecule has 0 radical (unpaired) electrons. The molecule has 0 aliphatic heterocycles. The molecule has 0 aliphatic rings. The van der Waals surface area contributed by atoms with Gasteiger partial charge < -0.3 is 10.1 Å². The molecule has 2 nitrogen and oxygen atoms in total. The number of methoxy groups -OCH3 is 1. The summed E-state index contributed by atoms with van der Waals surface area (Å²) in [5.41, 5.74) is -1.81. The predicted molar refractivity (Wildman–Crippen MR) is 60.1 cm³/mol. The van der Waals surface area contributed by atoms with Crippen LogP contribution in [0.25, 0.3) is 0 Å². The molecule has 17 heavy (non-hydrogen) atoms. The molecule has 0 saturated carbocycles. The van der Waals surface area contributed by atoms with Crippen molar-refractivity contribution in [2.24, 2.45) is 0 Å². The Hall–Kier alpha value is -1.23. The maximum atomic E-state index is 13.2. The van der Waals surface area contributed by atoms with E-state index in [-0.39, 0.29) is 12.0 Å². The second kappa shape index (κ2) is 4.96. The molecule has 0 aromatic heterocycles. The summed E-state index contributed by atoms with van der Waals surface area (Å²) < 4.78 is 44.4. The zero-order valence-corrected chi connectivity index (χ0v) is 10.1. The van der Waals surface area contributed by atoms with E-state index in [9.17, 15) is 13.2 Å². The molecule has 96 valence electrons. The summed E-state index contributed by atoms with van der Waals surface area (Å²) in [6.45, 7) is 1.51. The lowest BCUT2D eigenvalue weighted by atomic mass is 9.86. The van der Waals surface area contributed by atoms with Gasteiger partial charge in [-0.05, 0) is 31.2 Å². The summed E-state index contributed by atoms with van der Waals surface area (Å²) in [7, 11) is 2.80. The first-order valence-corrected chi connectivity index (χ1v) is 5.31. The van der Waals surface area contributed by atoms with Crippen molar-refractivity contribution in [2.75, 3.05) is 14.2 Å². The Morgan fingerprint density at radius 3 is 2.00 bits per heavy atom. The molecule has 1 aromatic carbocycles. The average Bonchev–Trinajstić information content (AvgIpc) is 2.30. The molecule has 0 fully saturated rings. The van der Waals surface area contributed by atoms with E-state index in [2.05, 4.69) is 5.32 Å². The summed E-state index contributed by atoms with van der Waals surface area (Å²) >= 11 is 0. The van der Waals surface area contributed by atoms with Crippen molar-refractivity contribution in [3.05, 3.63) is 29.8 Å². The van der Waals surface area contributed by atoms with Crippen LogP contribution in [0.15, 0.2) is 24.3 Å². The van der Waals surface area contributed by atoms with E-state index in [0.717, 1.165) is 0 Å². The van der Waals surface area contributed by atoms with Gasteiger partial charge in [-0.3, -0.25) is 0 Å². The Bertz CT molecular complexity index is 355. The van der Waals surface area contributed by atoms with Gasteiger partial charge in [0.1, 0.15) is 11.3 Å². The average molecular weight is 247 g/mol. The lowest BCUT2D eigenvalue weighted by Gasteiger charge is -2.35. The molecule has 0 aliphatic carbocycles. The highest BCUT2D eigenvalue weighted by Crippen LogP contribution is 2.41. The fourth-order valence-electron chi connectivity index (χ4n) is 1.91. The minimum atomic E-state index is -4.34. The normalized spacial score (nSPS) is 15.4. The molecule has 1 unspecified atom stereocenters. The summed E-state index contributed by atoms with van der Waals surface area (Å²) in [5, 5.41) is 2.39. The first-order chi connectivity index (χ1) is 7.91. The topological polar surface area (TPSA) is 21.3 Å². The van der Waals surface area contributed by atoms with Crippen molar-refractivity contribution in [1.29, 1.82) is 0 Å². The predicted octanol–water partition coefficient (Wildman–Crippen LogP) is 3.08. The third kappa shape index (κ3) is 2.39. The van der Waals surface area contributed by atoms with E-state index in [1.165, 1.54) is 45.3 Å². The van der Waals surface area contributed by atoms with Crippen molar-refractivity contribution in [1.82, 2.24) is 5.32 Å². The lowest BCUT2D eigenvalue weighted by molar-refractivity contribution is -0.200. The highest BCUT2D eigenvalue weighted by atomic mass is 19.4. The van der Waals surface area contributed by atoms with Gasteiger partial charge in [-0.2, -0.15) is 13.2 Å². The van der Waals surface area contributed by atoms with Crippen molar-refractivity contribution in [2.45, 2.75) is 25.1 Å². The number of ether oxygens (including phenoxy) is 1. The number of halogens is 3. The van der Waals surface area contributed by atoms with E-state index < -0.39 is 11.7 Å². The van der Waals surface area contributed by atoms with Gasteiger partial charge in [0.25, 0.3) is 0 Å². The van der Waals surface area contributed by atoms with Crippen LogP contribution in [0.4, 0.5) is 13.2 Å². The Morgan fingerprint density at radius 1 is 1.18 bits per heavy atom. The van der Waals surface area contributed by atoms with Gasteiger partial charge in [-0.25, -0.2) is 0 Å². The first kappa shape index (κ1) is 13.8. The van der Waals surface area contributed by atoms with Gasteiger partial charge in [0, 0.05) is 0 Å². The second-order valence-corrected chi connectivity index (χ2v) is 3.74. The number of nitrogens with one attached hydrogen (secondary N) is 1. The zero-order valence-electron chi connectivity index (χ0n) is 10.1. The van der Waals surface area contributed by atoms with Gasteiger partial charge >= 0.3 is 6.18 Å². The zero-order chi connectivity index (χ0) is 13.1. The molecule has 0 heterocycles. The number of alkyl halides is 3. The quantitative estimate of drug-likeness (QED) is 0.882. The number of benzene rings is 1. The molecule has 0 spiro atoms. The first-order valence-electron chi connectivity index (χ1n) is 5.31. The van der Waals surface area contributed by atoms with Crippen LogP contribution < -0.4 is 10.1 Å². The molecule has 1 rings (SSSR count). The Kier molecular flexibility index (Phi) is 4.03. The minimum Gasteiger partial charge on any atom is -0.497 e. The summed E-state index contributed by atoms with van der Waals surface area (Å²) in [6.07, 6.45) is -4.41. The highest BCUT2D eigenvalue weighted by molar-refractivity contribution is 5.33. The van der Waals surface area contributed by atoms with E-state index in [1.807, 2.05) is 0 Å². The summed E-state index contributed by atoms with van der Waals surface area (Å²) in [5.74, 6) is 0.539. The maximum absolute atomic E-state index is 13.2. The Balaban J connectivity index is 3.22. The van der Waals surface area contributed by atoms with Gasteiger partial charge in [0.05, 0.1) is 7.11 Å². The van der Waals surface area contributed by atoms with Crippen molar-refractivity contribution >= 4 is 0 Å². The van der Waals surface area contributed by atoms with E-state index in [4.69, 9.17) is 4.74 Å². The molecule has 5 heteroatoms. The van der Waals surface area contributed by atoms with Crippen LogP contribution in [0.5, 0.6) is 5.75 Å². The fraction of sp³-hybridized carbons (Fsp3) is 0.500. The van der Waals surface area contributed by atoms with Crippen LogP contribution in [0.2, 0.25) is 0 Å². The SMILES string of the molecule is CCC(NC)(c1ccc(OC)cc1)C(F)(F)F. The molecule has 0 saturated heterocycles. The third-order valence-electron chi connectivity index (χ3n) is 3.02. The van der Waals surface area contributed by atoms with Crippen molar-refractivity contribution in [3.8, 4) is 5.75 Å². The number of hydrogen-bond donors (Lipinski definition) is 1. The van der Waals surface area contributed by atoms with Crippen LogP contribution in [0.1, 0.15) is 18.9 Å². The molecular weight excluding hydrogens is 231 g/mol. The monoisotopic (exact) mass is 247 g/mol. The molecular formula is C12H16F3NO.